The summed E-state index contributed by atoms with van der Waals surface area (Å²) in [5, 5.41) is 7.13. The summed E-state index contributed by atoms with van der Waals surface area (Å²) in [6.45, 7) is 3.39. The zero-order valence-corrected chi connectivity index (χ0v) is 15.2. The topological polar surface area (TPSA) is 52.2 Å². The molecule has 144 valence electrons. The quantitative estimate of drug-likeness (QED) is 0.753. The van der Waals surface area contributed by atoms with E-state index in [-0.39, 0.29) is 17.5 Å². The Morgan fingerprint density at radius 3 is 2.18 bits per heavy atom. The van der Waals surface area contributed by atoms with Crippen molar-refractivity contribution in [3.63, 3.8) is 0 Å². The first-order valence-corrected chi connectivity index (χ1v) is 9.15. The molecule has 0 atom stereocenters. The second-order valence-electron chi connectivity index (χ2n) is 6.85. The van der Waals surface area contributed by atoms with E-state index in [0.29, 0.717) is 25.2 Å². The van der Waals surface area contributed by atoms with Crippen molar-refractivity contribution in [3.05, 3.63) is 77.5 Å². The van der Waals surface area contributed by atoms with Crippen LogP contribution in [0.3, 0.4) is 0 Å². The molecule has 1 aliphatic rings. The Morgan fingerprint density at radius 2 is 1.54 bits per heavy atom. The van der Waals surface area contributed by atoms with Crippen LogP contribution in [0.5, 0.6) is 0 Å². The number of halogens is 2. The molecule has 0 aliphatic carbocycles. The largest absolute Gasteiger partial charge is 0.336 e. The van der Waals surface area contributed by atoms with Crippen LogP contribution in [0, 0.1) is 11.6 Å². The van der Waals surface area contributed by atoms with Crippen molar-refractivity contribution >= 4 is 5.91 Å². The second kappa shape index (κ2) is 7.90. The molecule has 1 N–H and O–H groups in total. The van der Waals surface area contributed by atoms with Gasteiger partial charge in [0, 0.05) is 49.4 Å². The molecule has 1 aliphatic heterocycles. The molecule has 1 fully saturated rings. The van der Waals surface area contributed by atoms with Gasteiger partial charge < -0.3 is 4.90 Å². The van der Waals surface area contributed by atoms with Crippen LogP contribution >= 0.6 is 0 Å². The van der Waals surface area contributed by atoms with Gasteiger partial charge in [-0.05, 0) is 48.5 Å². The normalized spacial score (nSPS) is 15.0. The van der Waals surface area contributed by atoms with Gasteiger partial charge in [-0.3, -0.25) is 14.8 Å². The lowest BCUT2D eigenvalue weighted by atomic mass is 10.1. The molecule has 28 heavy (non-hydrogen) atoms. The first-order valence-electron chi connectivity index (χ1n) is 9.15. The van der Waals surface area contributed by atoms with Gasteiger partial charge in [-0.25, -0.2) is 8.78 Å². The van der Waals surface area contributed by atoms with Gasteiger partial charge in [0.15, 0.2) is 0 Å². The van der Waals surface area contributed by atoms with E-state index in [1.54, 1.807) is 23.2 Å². The number of hydrogen-bond donors (Lipinski definition) is 1. The second-order valence-corrected chi connectivity index (χ2v) is 6.85. The first-order chi connectivity index (χ1) is 13.6. The average molecular weight is 382 g/mol. The first kappa shape index (κ1) is 18.3. The SMILES string of the molecule is O=C(c1ccc(F)cc1)N1CCN(Cc2cn[nH]c2-c2ccc(F)cc2)CC1. The van der Waals surface area contributed by atoms with Gasteiger partial charge in [0.2, 0.25) is 0 Å². The maximum absolute atomic E-state index is 13.2. The van der Waals surface area contributed by atoms with Gasteiger partial charge in [-0.2, -0.15) is 5.10 Å². The zero-order valence-electron chi connectivity index (χ0n) is 15.2. The number of amides is 1. The monoisotopic (exact) mass is 382 g/mol. The van der Waals surface area contributed by atoms with Crippen molar-refractivity contribution in [2.75, 3.05) is 26.2 Å². The van der Waals surface area contributed by atoms with Crippen LogP contribution in [0.4, 0.5) is 8.78 Å². The smallest absolute Gasteiger partial charge is 0.253 e. The molecule has 0 saturated carbocycles. The average Bonchev–Trinajstić information content (AvgIpc) is 3.17. The number of aromatic amines is 1. The van der Waals surface area contributed by atoms with Crippen molar-refractivity contribution in [1.29, 1.82) is 0 Å². The molecule has 2 heterocycles. The van der Waals surface area contributed by atoms with E-state index in [4.69, 9.17) is 0 Å². The maximum Gasteiger partial charge on any atom is 0.253 e. The molecule has 4 rings (SSSR count). The summed E-state index contributed by atoms with van der Waals surface area (Å²) in [4.78, 5) is 16.6. The molecule has 1 aromatic heterocycles. The van der Waals surface area contributed by atoms with Crippen molar-refractivity contribution in [2.45, 2.75) is 6.54 Å². The van der Waals surface area contributed by atoms with Gasteiger partial charge in [-0.15, -0.1) is 0 Å². The molecule has 7 heteroatoms. The predicted octanol–water partition coefficient (Wildman–Crippen LogP) is 3.31. The highest BCUT2D eigenvalue weighted by atomic mass is 19.1. The number of nitrogens with zero attached hydrogens (tertiary/aromatic N) is 3. The number of hydrogen-bond acceptors (Lipinski definition) is 3. The van der Waals surface area contributed by atoms with Crippen molar-refractivity contribution in [3.8, 4) is 11.3 Å². The highest BCUT2D eigenvalue weighted by Gasteiger charge is 2.23. The highest BCUT2D eigenvalue weighted by molar-refractivity contribution is 5.94. The summed E-state index contributed by atoms with van der Waals surface area (Å²) in [5.41, 5.74) is 3.30. The molecule has 0 spiro atoms. The molecule has 1 saturated heterocycles. The third-order valence-corrected chi connectivity index (χ3v) is 5.00. The van der Waals surface area contributed by atoms with Crippen molar-refractivity contribution in [2.24, 2.45) is 0 Å². The third kappa shape index (κ3) is 3.94. The lowest BCUT2D eigenvalue weighted by molar-refractivity contribution is 0.0628. The summed E-state index contributed by atoms with van der Waals surface area (Å²) >= 11 is 0. The Kier molecular flexibility index (Phi) is 5.16. The Labute approximate surface area is 161 Å². The Bertz CT molecular complexity index is 945. The van der Waals surface area contributed by atoms with Crippen LogP contribution in [0.1, 0.15) is 15.9 Å². The molecule has 5 nitrogen and oxygen atoms in total. The fourth-order valence-electron chi connectivity index (χ4n) is 3.42. The molecule has 0 unspecified atom stereocenters. The van der Waals surface area contributed by atoms with Crippen molar-refractivity contribution in [1.82, 2.24) is 20.0 Å². The van der Waals surface area contributed by atoms with Gasteiger partial charge >= 0.3 is 0 Å². The minimum Gasteiger partial charge on any atom is -0.336 e. The summed E-state index contributed by atoms with van der Waals surface area (Å²) < 4.78 is 26.2. The summed E-state index contributed by atoms with van der Waals surface area (Å²) in [6, 6.07) is 12.0. The van der Waals surface area contributed by atoms with Crippen LogP contribution in [0.15, 0.2) is 54.7 Å². The Morgan fingerprint density at radius 1 is 0.929 bits per heavy atom. The van der Waals surface area contributed by atoms with Gasteiger partial charge in [-0.1, -0.05) is 0 Å². The van der Waals surface area contributed by atoms with E-state index in [9.17, 15) is 13.6 Å². The number of carbonyl (C=O) groups is 1. The molecular weight excluding hydrogens is 362 g/mol. The molecule has 0 bridgehead atoms. The van der Waals surface area contributed by atoms with Crippen LogP contribution in [-0.4, -0.2) is 52.1 Å². The van der Waals surface area contributed by atoms with Gasteiger partial charge in [0.1, 0.15) is 11.6 Å². The lowest BCUT2D eigenvalue weighted by Crippen LogP contribution is -2.48. The number of rotatable bonds is 4. The van der Waals surface area contributed by atoms with Crippen LogP contribution in [0.2, 0.25) is 0 Å². The number of nitrogens with one attached hydrogen (secondary N) is 1. The minimum absolute atomic E-state index is 0.0741. The van der Waals surface area contributed by atoms with Crippen LogP contribution in [0.25, 0.3) is 11.3 Å². The predicted molar refractivity (Wildman–Crippen MR) is 102 cm³/mol. The molecule has 2 aromatic carbocycles. The zero-order chi connectivity index (χ0) is 19.5. The maximum atomic E-state index is 13.2. The van der Waals surface area contributed by atoms with E-state index in [0.717, 1.165) is 29.9 Å². The van der Waals surface area contributed by atoms with E-state index >= 15 is 0 Å². The minimum atomic E-state index is -0.349. The molecular formula is C21H20F2N4O. The highest BCUT2D eigenvalue weighted by Crippen LogP contribution is 2.23. The van der Waals surface area contributed by atoms with E-state index in [1.807, 2.05) is 0 Å². The third-order valence-electron chi connectivity index (χ3n) is 5.00. The van der Waals surface area contributed by atoms with E-state index < -0.39 is 0 Å². The fraction of sp³-hybridized carbons (Fsp3) is 0.238. The number of piperazine rings is 1. The molecule has 0 radical (unpaired) electrons. The number of benzene rings is 2. The van der Waals surface area contributed by atoms with Crippen LogP contribution < -0.4 is 0 Å². The Balaban J connectivity index is 1.38. The standard InChI is InChI=1S/C21H20F2N4O/c22-18-5-1-15(2-6-18)20-17(13-24-25-20)14-26-9-11-27(12-10-26)21(28)16-3-7-19(23)8-4-16/h1-8,13H,9-12,14H2,(H,24,25). The van der Waals surface area contributed by atoms with E-state index in [1.165, 1.54) is 36.4 Å². The Hall–Kier alpha value is -3.06. The number of aromatic nitrogens is 2. The lowest BCUT2D eigenvalue weighted by Gasteiger charge is -2.34. The number of carbonyl (C=O) groups excluding carboxylic acids is 1. The van der Waals surface area contributed by atoms with Gasteiger partial charge in [0.25, 0.3) is 5.91 Å². The molecule has 1 amide bonds. The summed E-state index contributed by atoms with van der Waals surface area (Å²) in [7, 11) is 0. The number of H-pyrrole nitrogens is 1. The van der Waals surface area contributed by atoms with Gasteiger partial charge in [0.05, 0.1) is 11.9 Å². The van der Waals surface area contributed by atoms with Crippen LogP contribution in [-0.2, 0) is 6.54 Å². The van der Waals surface area contributed by atoms with E-state index in [2.05, 4.69) is 15.1 Å². The molecule has 3 aromatic rings. The van der Waals surface area contributed by atoms with Crippen molar-refractivity contribution < 1.29 is 13.6 Å². The summed E-state index contributed by atoms with van der Waals surface area (Å²) in [5.74, 6) is -0.694. The fourth-order valence-corrected chi connectivity index (χ4v) is 3.42. The summed E-state index contributed by atoms with van der Waals surface area (Å²) in [6.07, 6.45) is 1.79.